The molecule has 7 heteroatoms. The lowest BCUT2D eigenvalue weighted by atomic mass is 10.2. The highest BCUT2D eigenvalue weighted by atomic mass is 16.5. The maximum absolute atomic E-state index is 11.9. The van der Waals surface area contributed by atoms with Crippen molar-refractivity contribution >= 4 is 5.91 Å². The number of rotatable bonds is 5. The summed E-state index contributed by atoms with van der Waals surface area (Å²) < 4.78 is 6.76. The number of aromatic nitrogens is 4. The Morgan fingerprint density at radius 3 is 3.00 bits per heavy atom. The van der Waals surface area contributed by atoms with Gasteiger partial charge in [0.1, 0.15) is 17.9 Å². The van der Waals surface area contributed by atoms with Gasteiger partial charge in [0.15, 0.2) is 0 Å². The molecule has 0 aromatic carbocycles. The molecule has 102 valence electrons. The zero-order chi connectivity index (χ0) is 13.8. The van der Waals surface area contributed by atoms with E-state index >= 15 is 0 Å². The van der Waals surface area contributed by atoms with Crippen LogP contribution in [0.3, 0.4) is 0 Å². The Balaban J connectivity index is 1.95. The van der Waals surface area contributed by atoms with Crippen LogP contribution in [0.25, 0.3) is 0 Å². The normalized spacial score (nSPS) is 12.4. The van der Waals surface area contributed by atoms with Gasteiger partial charge in [-0.15, -0.1) is 0 Å². The number of nitrogens with one attached hydrogen (secondary N) is 1. The van der Waals surface area contributed by atoms with Crippen LogP contribution in [-0.4, -0.2) is 25.8 Å². The Labute approximate surface area is 111 Å². The third kappa shape index (κ3) is 3.18. The highest BCUT2D eigenvalue weighted by Crippen LogP contribution is 2.09. The molecule has 0 fully saturated rings. The van der Waals surface area contributed by atoms with Crippen LogP contribution in [0.5, 0.6) is 0 Å². The summed E-state index contributed by atoms with van der Waals surface area (Å²) in [4.78, 5) is 16.0. The van der Waals surface area contributed by atoms with Gasteiger partial charge in [-0.25, -0.2) is 9.67 Å². The van der Waals surface area contributed by atoms with Crippen LogP contribution >= 0.6 is 0 Å². The monoisotopic (exact) mass is 263 g/mol. The van der Waals surface area contributed by atoms with Gasteiger partial charge < -0.3 is 9.84 Å². The fourth-order valence-electron chi connectivity index (χ4n) is 1.87. The minimum absolute atomic E-state index is 0.130. The summed E-state index contributed by atoms with van der Waals surface area (Å²) in [7, 11) is 0. The van der Waals surface area contributed by atoms with Crippen molar-refractivity contribution in [1.29, 1.82) is 0 Å². The van der Waals surface area contributed by atoms with Crippen LogP contribution in [0.1, 0.15) is 37.2 Å². The maximum atomic E-state index is 11.9. The van der Waals surface area contributed by atoms with Gasteiger partial charge in [0, 0.05) is 12.6 Å². The third-order valence-electron chi connectivity index (χ3n) is 2.72. The molecule has 19 heavy (non-hydrogen) atoms. The molecule has 1 N–H and O–H groups in total. The molecule has 0 bridgehead atoms. The van der Waals surface area contributed by atoms with Crippen molar-refractivity contribution in [1.82, 2.24) is 25.2 Å². The standard InChI is InChI=1S/C12H17N5O2/c1-4-17-12(13-7-14-17)9(3)15-11(18)6-10-5-8(2)16-19-10/h5,7,9H,4,6H2,1-3H3,(H,15,18). The van der Waals surface area contributed by atoms with Crippen LogP contribution in [0.4, 0.5) is 0 Å². The van der Waals surface area contributed by atoms with E-state index < -0.39 is 0 Å². The molecular formula is C12H17N5O2. The van der Waals surface area contributed by atoms with Crippen LogP contribution < -0.4 is 5.32 Å². The minimum Gasteiger partial charge on any atom is -0.361 e. The van der Waals surface area contributed by atoms with Crippen molar-refractivity contribution in [2.45, 2.75) is 39.8 Å². The van der Waals surface area contributed by atoms with Crippen LogP contribution in [0.2, 0.25) is 0 Å². The first kappa shape index (κ1) is 13.3. The Morgan fingerprint density at radius 2 is 2.37 bits per heavy atom. The molecule has 2 aromatic rings. The summed E-state index contributed by atoms with van der Waals surface area (Å²) in [6, 6.07) is 1.55. The first-order valence-electron chi connectivity index (χ1n) is 6.19. The van der Waals surface area contributed by atoms with E-state index in [0.717, 1.165) is 18.1 Å². The van der Waals surface area contributed by atoms with Crippen molar-refractivity contribution in [3.8, 4) is 0 Å². The first-order valence-corrected chi connectivity index (χ1v) is 6.19. The number of aryl methyl sites for hydroxylation is 2. The predicted molar refractivity (Wildman–Crippen MR) is 67.2 cm³/mol. The molecule has 0 saturated heterocycles. The third-order valence-corrected chi connectivity index (χ3v) is 2.72. The molecule has 0 aliphatic heterocycles. The molecule has 2 rings (SSSR count). The Hall–Kier alpha value is -2.18. The lowest BCUT2D eigenvalue weighted by Crippen LogP contribution is -2.30. The molecule has 0 spiro atoms. The van der Waals surface area contributed by atoms with E-state index in [1.54, 1.807) is 10.7 Å². The lowest BCUT2D eigenvalue weighted by molar-refractivity contribution is -0.121. The second-order valence-corrected chi connectivity index (χ2v) is 4.33. The highest BCUT2D eigenvalue weighted by molar-refractivity contribution is 5.78. The average molecular weight is 263 g/mol. The molecule has 1 amide bonds. The van der Waals surface area contributed by atoms with Gasteiger partial charge in [-0.1, -0.05) is 5.16 Å². The summed E-state index contributed by atoms with van der Waals surface area (Å²) in [6.07, 6.45) is 1.66. The van der Waals surface area contributed by atoms with E-state index in [-0.39, 0.29) is 18.4 Å². The largest absolute Gasteiger partial charge is 0.361 e. The number of amides is 1. The molecule has 1 atom stereocenters. The van der Waals surface area contributed by atoms with Crippen molar-refractivity contribution < 1.29 is 9.32 Å². The summed E-state index contributed by atoms with van der Waals surface area (Å²) in [6.45, 7) is 6.39. The van der Waals surface area contributed by atoms with E-state index in [9.17, 15) is 4.79 Å². The molecule has 0 saturated carbocycles. The Morgan fingerprint density at radius 1 is 1.58 bits per heavy atom. The minimum atomic E-state index is -0.195. The number of carbonyl (C=O) groups excluding carboxylic acids is 1. The van der Waals surface area contributed by atoms with Crippen molar-refractivity contribution in [2.24, 2.45) is 0 Å². The van der Waals surface area contributed by atoms with Gasteiger partial charge in [-0.3, -0.25) is 4.79 Å². The zero-order valence-electron chi connectivity index (χ0n) is 11.3. The number of hydrogen-bond donors (Lipinski definition) is 1. The summed E-state index contributed by atoms with van der Waals surface area (Å²) >= 11 is 0. The van der Waals surface area contributed by atoms with Crippen LogP contribution in [0, 0.1) is 6.92 Å². The number of carbonyl (C=O) groups is 1. The maximum Gasteiger partial charge on any atom is 0.228 e. The molecule has 1 unspecified atom stereocenters. The average Bonchev–Trinajstić information content (AvgIpc) is 2.97. The van der Waals surface area contributed by atoms with E-state index in [1.165, 1.54) is 6.33 Å². The Kier molecular flexibility index (Phi) is 3.94. The SMILES string of the molecule is CCn1ncnc1C(C)NC(=O)Cc1cc(C)no1. The van der Waals surface area contributed by atoms with Crippen molar-refractivity contribution in [3.63, 3.8) is 0 Å². The molecule has 0 aliphatic carbocycles. The molecule has 7 nitrogen and oxygen atoms in total. The van der Waals surface area contributed by atoms with E-state index in [4.69, 9.17) is 4.52 Å². The number of nitrogens with zero attached hydrogens (tertiary/aromatic N) is 4. The molecule has 2 aromatic heterocycles. The highest BCUT2D eigenvalue weighted by Gasteiger charge is 2.16. The predicted octanol–water partition coefficient (Wildman–Crippen LogP) is 1.01. The van der Waals surface area contributed by atoms with Gasteiger partial charge in [-0.05, 0) is 20.8 Å². The van der Waals surface area contributed by atoms with Crippen molar-refractivity contribution in [3.05, 3.63) is 29.7 Å². The fraction of sp³-hybridized carbons (Fsp3) is 0.500. The molecule has 0 radical (unpaired) electrons. The van der Waals surface area contributed by atoms with Gasteiger partial charge in [-0.2, -0.15) is 5.10 Å². The number of hydrogen-bond acceptors (Lipinski definition) is 5. The second kappa shape index (κ2) is 5.64. The zero-order valence-corrected chi connectivity index (χ0v) is 11.3. The molecule has 0 aliphatic rings. The van der Waals surface area contributed by atoms with Gasteiger partial charge >= 0.3 is 0 Å². The van der Waals surface area contributed by atoms with E-state index in [2.05, 4.69) is 20.6 Å². The summed E-state index contributed by atoms with van der Waals surface area (Å²) in [5.74, 6) is 1.16. The lowest BCUT2D eigenvalue weighted by Gasteiger charge is -2.13. The quantitative estimate of drug-likeness (QED) is 0.870. The van der Waals surface area contributed by atoms with Crippen molar-refractivity contribution in [2.75, 3.05) is 0 Å². The van der Waals surface area contributed by atoms with Crippen LogP contribution in [-0.2, 0) is 17.8 Å². The smallest absolute Gasteiger partial charge is 0.228 e. The van der Waals surface area contributed by atoms with E-state index in [1.807, 2.05) is 20.8 Å². The van der Waals surface area contributed by atoms with Gasteiger partial charge in [0.25, 0.3) is 0 Å². The van der Waals surface area contributed by atoms with Gasteiger partial charge in [0.2, 0.25) is 5.91 Å². The second-order valence-electron chi connectivity index (χ2n) is 4.33. The van der Waals surface area contributed by atoms with E-state index in [0.29, 0.717) is 5.76 Å². The van der Waals surface area contributed by atoms with Gasteiger partial charge in [0.05, 0.1) is 18.2 Å². The fourth-order valence-corrected chi connectivity index (χ4v) is 1.87. The topological polar surface area (TPSA) is 85.8 Å². The van der Waals surface area contributed by atoms with Crippen LogP contribution in [0.15, 0.2) is 16.9 Å². The summed E-state index contributed by atoms with van der Waals surface area (Å²) in [5, 5.41) is 10.7. The molecular weight excluding hydrogens is 246 g/mol. The summed E-state index contributed by atoms with van der Waals surface area (Å²) in [5.41, 5.74) is 0.765. The molecule has 2 heterocycles. The first-order chi connectivity index (χ1) is 9.10. The Bertz CT molecular complexity index is 560.